The van der Waals surface area contributed by atoms with E-state index >= 15 is 0 Å². The van der Waals surface area contributed by atoms with Crippen molar-refractivity contribution in [2.24, 2.45) is 11.7 Å². The van der Waals surface area contributed by atoms with E-state index in [0.717, 1.165) is 11.2 Å². The molecule has 3 atom stereocenters. The molecule has 2 aliphatic rings. The Labute approximate surface area is 115 Å². The zero-order valence-corrected chi connectivity index (χ0v) is 11.8. The molecule has 0 saturated heterocycles. The van der Waals surface area contributed by atoms with Gasteiger partial charge >= 0.3 is 0 Å². The van der Waals surface area contributed by atoms with Crippen LogP contribution in [0, 0.1) is 5.92 Å². The van der Waals surface area contributed by atoms with E-state index in [0.29, 0.717) is 6.04 Å². The summed E-state index contributed by atoms with van der Waals surface area (Å²) in [5.41, 5.74) is 7.74. The maximum atomic E-state index is 6.18. The summed E-state index contributed by atoms with van der Waals surface area (Å²) in [6.45, 7) is 0. The smallest absolute Gasteiger partial charge is 0.0138 e. The minimum atomic E-state index is 0.464. The van der Waals surface area contributed by atoms with E-state index in [-0.39, 0.29) is 0 Å². The van der Waals surface area contributed by atoms with Gasteiger partial charge in [0.15, 0.2) is 0 Å². The Bertz CT molecular complexity index is 379. The van der Waals surface area contributed by atoms with Gasteiger partial charge in [-0.3, -0.25) is 0 Å². The summed E-state index contributed by atoms with van der Waals surface area (Å²) >= 11 is 2.10. The molecule has 2 N–H and O–H groups in total. The monoisotopic (exact) mass is 261 g/mol. The summed E-state index contributed by atoms with van der Waals surface area (Å²) in [5.74, 6) is 0.870. The Hall–Kier alpha value is -0.470. The van der Waals surface area contributed by atoms with Crippen LogP contribution in [0.5, 0.6) is 0 Å². The van der Waals surface area contributed by atoms with Gasteiger partial charge in [-0.15, -0.1) is 11.8 Å². The van der Waals surface area contributed by atoms with E-state index < -0.39 is 0 Å². The highest BCUT2D eigenvalue weighted by atomic mass is 32.2. The minimum absolute atomic E-state index is 0.464. The molecule has 18 heavy (non-hydrogen) atoms. The maximum Gasteiger partial charge on any atom is 0.0138 e. The van der Waals surface area contributed by atoms with Gasteiger partial charge in [-0.25, -0.2) is 0 Å². The molecule has 1 aliphatic carbocycles. The molecule has 1 nitrogen and oxygen atoms in total. The molecule has 3 rings (SSSR count). The van der Waals surface area contributed by atoms with Crippen LogP contribution in [0.3, 0.4) is 0 Å². The molecule has 0 spiro atoms. The van der Waals surface area contributed by atoms with Crippen molar-refractivity contribution in [1.82, 2.24) is 0 Å². The highest BCUT2D eigenvalue weighted by Gasteiger charge is 2.26. The molecule has 1 heterocycles. The van der Waals surface area contributed by atoms with Crippen LogP contribution < -0.4 is 5.73 Å². The van der Waals surface area contributed by atoms with Crippen LogP contribution in [0.15, 0.2) is 29.2 Å². The van der Waals surface area contributed by atoms with Gasteiger partial charge in [-0.1, -0.05) is 37.5 Å². The van der Waals surface area contributed by atoms with Crippen LogP contribution in [0.1, 0.15) is 44.1 Å². The molecular formula is C16H23NS. The summed E-state index contributed by atoms with van der Waals surface area (Å²) in [6, 6.07) is 9.37. The Morgan fingerprint density at radius 2 is 2.00 bits per heavy atom. The summed E-state index contributed by atoms with van der Waals surface area (Å²) in [4.78, 5) is 1.51. The van der Waals surface area contributed by atoms with Gasteiger partial charge in [0, 0.05) is 16.2 Å². The van der Waals surface area contributed by atoms with Crippen LogP contribution in [-0.4, -0.2) is 11.3 Å². The van der Waals surface area contributed by atoms with Gasteiger partial charge in [-0.05, 0) is 43.2 Å². The number of rotatable bonds is 2. The topological polar surface area (TPSA) is 26.0 Å². The first kappa shape index (κ1) is 12.6. The van der Waals surface area contributed by atoms with Crippen molar-refractivity contribution < 1.29 is 0 Å². The molecule has 0 radical (unpaired) electrons. The quantitative estimate of drug-likeness (QED) is 0.814. The molecule has 98 valence electrons. The fourth-order valence-electron chi connectivity index (χ4n) is 3.47. The third-order valence-electron chi connectivity index (χ3n) is 4.38. The minimum Gasteiger partial charge on any atom is -0.328 e. The van der Waals surface area contributed by atoms with Crippen molar-refractivity contribution >= 4 is 11.8 Å². The average Bonchev–Trinajstić information content (AvgIpc) is 2.65. The van der Waals surface area contributed by atoms with Crippen LogP contribution >= 0.6 is 11.8 Å². The average molecular weight is 261 g/mol. The molecule has 1 fully saturated rings. The molecule has 0 amide bonds. The van der Waals surface area contributed by atoms with E-state index in [2.05, 4.69) is 36.0 Å². The lowest BCUT2D eigenvalue weighted by Gasteiger charge is -2.20. The molecular weight excluding hydrogens is 238 g/mol. The van der Waals surface area contributed by atoms with Gasteiger partial charge in [0.1, 0.15) is 0 Å². The summed E-state index contributed by atoms with van der Waals surface area (Å²) in [6.07, 6.45) is 9.28. The zero-order chi connectivity index (χ0) is 12.4. The molecule has 1 aromatic carbocycles. The van der Waals surface area contributed by atoms with Gasteiger partial charge < -0.3 is 5.73 Å². The number of thioether (sulfide) groups is 1. The number of benzene rings is 1. The zero-order valence-electron chi connectivity index (χ0n) is 11.0. The lowest BCUT2D eigenvalue weighted by molar-refractivity contribution is 0.401. The number of nitrogens with two attached hydrogens (primary N) is 1. The second-order valence-electron chi connectivity index (χ2n) is 5.93. The standard InChI is InChI=1S/C16H23NS/c17-14-7-3-1-5-12(9-14)10-15-11-13-6-2-4-8-16(13)18-15/h2,4,6,8,12,14-15H,1,3,5,7,9-11,17H2. The van der Waals surface area contributed by atoms with Gasteiger partial charge in [0.2, 0.25) is 0 Å². The van der Waals surface area contributed by atoms with Crippen molar-refractivity contribution in [3.8, 4) is 0 Å². The lowest BCUT2D eigenvalue weighted by atomic mass is 9.92. The fourth-order valence-corrected chi connectivity index (χ4v) is 4.92. The Morgan fingerprint density at radius 3 is 2.89 bits per heavy atom. The van der Waals surface area contributed by atoms with E-state index in [1.54, 1.807) is 5.56 Å². The second kappa shape index (κ2) is 5.66. The largest absolute Gasteiger partial charge is 0.328 e. The Balaban J connectivity index is 1.58. The van der Waals surface area contributed by atoms with Crippen molar-refractivity contribution in [2.45, 2.75) is 61.1 Å². The molecule has 2 heteroatoms. The van der Waals surface area contributed by atoms with Crippen molar-refractivity contribution in [3.63, 3.8) is 0 Å². The highest BCUT2D eigenvalue weighted by Crippen LogP contribution is 2.41. The second-order valence-corrected chi connectivity index (χ2v) is 7.28. The number of fused-ring (bicyclic) bond motifs is 1. The fraction of sp³-hybridized carbons (Fsp3) is 0.625. The van der Waals surface area contributed by atoms with Crippen LogP contribution in [-0.2, 0) is 6.42 Å². The Kier molecular flexibility index (Phi) is 3.95. The predicted octanol–water partition coefficient (Wildman–Crippen LogP) is 4.00. The Morgan fingerprint density at radius 1 is 1.17 bits per heavy atom. The first-order chi connectivity index (χ1) is 8.81. The highest BCUT2D eigenvalue weighted by molar-refractivity contribution is 8.00. The summed E-state index contributed by atoms with van der Waals surface area (Å²) < 4.78 is 0. The first-order valence-corrected chi connectivity index (χ1v) is 8.19. The first-order valence-electron chi connectivity index (χ1n) is 7.31. The van der Waals surface area contributed by atoms with Crippen LogP contribution in [0.25, 0.3) is 0 Å². The van der Waals surface area contributed by atoms with Crippen molar-refractivity contribution in [1.29, 1.82) is 0 Å². The van der Waals surface area contributed by atoms with Crippen molar-refractivity contribution in [3.05, 3.63) is 29.8 Å². The number of hydrogen-bond acceptors (Lipinski definition) is 2. The molecule has 1 aromatic rings. The van der Waals surface area contributed by atoms with Crippen LogP contribution in [0.4, 0.5) is 0 Å². The van der Waals surface area contributed by atoms with Gasteiger partial charge in [0.25, 0.3) is 0 Å². The third-order valence-corrected chi connectivity index (χ3v) is 5.73. The van der Waals surface area contributed by atoms with E-state index in [1.165, 1.54) is 49.8 Å². The van der Waals surface area contributed by atoms with E-state index in [4.69, 9.17) is 5.73 Å². The molecule has 1 saturated carbocycles. The van der Waals surface area contributed by atoms with Gasteiger partial charge in [-0.2, -0.15) is 0 Å². The van der Waals surface area contributed by atoms with Gasteiger partial charge in [0.05, 0.1) is 0 Å². The lowest BCUT2D eigenvalue weighted by Crippen LogP contribution is -2.23. The van der Waals surface area contributed by atoms with E-state index in [1.807, 2.05) is 0 Å². The number of hydrogen-bond donors (Lipinski definition) is 1. The summed E-state index contributed by atoms with van der Waals surface area (Å²) in [7, 11) is 0. The molecule has 1 aliphatic heterocycles. The predicted molar refractivity (Wildman–Crippen MR) is 79.0 cm³/mol. The molecule has 0 bridgehead atoms. The third kappa shape index (κ3) is 2.92. The SMILES string of the molecule is NC1CCCCC(CC2Cc3ccccc3S2)C1. The maximum absolute atomic E-state index is 6.18. The van der Waals surface area contributed by atoms with Crippen molar-refractivity contribution in [2.75, 3.05) is 0 Å². The molecule has 3 unspecified atom stereocenters. The van der Waals surface area contributed by atoms with E-state index in [9.17, 15) is 0 Å². The normalized spacial score (nSPS) is 31.9. The molecule has 0 aromatic heterocycles. The van der Waals surface area contributed by atoms with Crippen LogP contribution in [0.2, 0.25) is 0 Å². The summed E-state index contributed by atoms with van der Waals surface area (Å²) in [5, 5.41) is 0.803.